The Morgan fingerprint density at radius 3 is 2.50 bits per heavy atom. The average Bonchev–Trinajstić information content (AvgIpc) is 2.25. The second-order valence-electron chi connectivity index (χ2n) is 3.04. The van der Waals surface area contributed by atoms with Crippen LogP contribution in [-0.2, 0) is 4.79 Å². The van der Waals surface area contributed by atoms with Gasteiger partial charge >= 0.3 is 5.97 Å². The summed E-state index contributed by atoms with van der Waals surface area (Å²) in [6.45, 7) is 5.27. The lowest BCUT2D eigenvalue weighted by atomic mass is 10.3. The Balaban J connectivity index is 2.90. The van der Waals surface area contributed by atoms with Crippen LogP contribution in [0.1, 0.15) is 6.92 Å². The van der Waals surface area contributed by atoms with Crippen LogP contribution in [0.2, 0.25) is 0 Å². The summed E-state index contributed by atoms with van der Waals surface area (Å²) in [4.78, 5) is 10.8. The fourth-order valence-electron chi connectivity index (χ4n) is 1.13. The van der Waals surface area contributed by atoms with Gasteiger partial charge in [0.15, 0.2) is 0 Å². The van der Waals surface area contributed by atoms with Gasteiger partial charge in [0.2, 0.25) is 0 Å². The molecule has 0 aliphatic carbocycles. The molecular weight excluding hydrogens is 208 g/mol. The minimum Gasteiger partial charge on any atom is -0.496 e. The average molecular weight is 222 g/mol. The maximum Gasteiger partial charge on any atom is 0.308 e. The number of esters is 1. The van der Waals surface area contributed by atoms with Crippen molar-refractivity contribution in [2.45, 2.75) is 6.92 Å². The summed E-state index contributed by atoms with van der Waals surface area (Å²) in [5.41, 5.74) is 0. The van der Waals surface area contributed by atoms with Crippen LogP contribution < -0.4 is 14.2 Å². The Kier molecular flexibility index (Phi) is 4.39. The Labute approximate surface area is 94.4 Å². The largest absolute Gasteiger partial charge is 0.496 e. The number of hydrogen-bond donors (Lipinski definition) is 0. The van der Waals surface area contributed by atoms with Gasteiger partial charge in [-0.3, -0.25) is 4.79 Å². The van der Waals surface area contributed by atoms with Gasteiger partial charge in [-0.25, -0.2) is 0 Å². The summed E-state index contributed by atoms with van der Waals surface area (Å²) in [6.07, 6.45) is 1.63. The van der Waals surface area contributed by atoms with Crippen LogP contribution >= 0.6 is 0 Å². The van der Waals surface area contributed by atoms with Crippen molar-refractivity contribution in [3.8, 4) is 17.2 Å². The highest BCUT2D eigenvalue weighted by molar-refractivity contribution is 5.69. The van der Waals surface area contributed by atoms with E-state index in [4.69, 9.17) is 14.2 Å². The second kappa shape index (κ2) is 5.80. The Bertz CT molecular complexity index is 385. The van der Waals surface area contributed by atoms with E-state index < -0.39 is 0 Å². The number of methoxy groups -OCH3 is 1. The van der Waals surface area contributed by atoms with Gasteiger partial charge in [-0.05, 0) is 0 Å². The SMILES string of the molecule is C=CCOc1cc(OC)cc(OC(C)=O)c1. The molecular formula is C12H14O4. The van der Waals surface area contributed by atoms with Gasteiger partial charge in [-0.1, -0.05) is 12.7 Å². The summed E-state index contributed by atoms with van der Waals surface area (Å²) in [5.74, 6) is 1.14. The molecule has 0 atom stereocenters. The molecule has 86 valence electrons. The lowest BCUT2D eigenvalue weighted by Gasteiger charge is -2.09. The molecule has 0 N–H and O–H groups in total. The Morgan fingerprint density at radius 2 is 1.94 bits per heavy atom. The van der Waals surface area contributed by atoms with Gasteiger partial charge in [0.25, 0.3) is 0 Å². The summed E-state index contributed by atoms with van der Waals surface area (Å²) in [7, 11) is 1.53. The van der Waals surface area contributed by atoms with Crippen molar-refractivity contribution in [1.29, 1.82) is 0 Å². The van der Waals surface area contributed by atoms with Crippen molar-refractivity contribution >= 4 is 5.97 Å². The van der Waals surface area contributed by atoms with E-state index in [0.29, 0.717) is 23.9 Å². The molecule has 0 heterocycles. The summed E-state index contributed by atoms with van der Waals surface area (Å²) < 4.78 is 15.3. The van der Waals surface area contributed by atoms with E-state index in [1.54, 1.807) is 24.3 Å². The maximum atomic E-state index is 10.8. The number of hydrogen-bond acceptors (Lipinski definition) is 4. The highest BCUT2D eigenvalue weighted by Gasteiger charge is 2.05. The molecule has 0 saturated carbocycles. The molecule has 4 nitrogen and oxygen atoms in total. The lowest BCUT2D eigenvalue weighted by molar-refractivity contribution is -0.131. The monoisotopic (exact) mass is 222 g/mol. The smallest absolute Gasteiger partial charge is 0.308 e. The standard InChI is InChI=1S/C12H14O4/c1-4-5-15-11-6-10(14-3)7-12(8-11)16-9(2)13/h4,6-8H,1,5H2,2-3H3. The third-order valence-electron chi connectivity index (χ3n) is 1.72. The molecule has 16 heavy (non-hydrogen) atoms. The predicted molar refractivity (Wildman–Crippen MR) is 60.0 cm³/mol. The molecule has 1 rings (SSSR count). The first-order valence-corrected chi connectivity index (χ1v) is 4.77. The number of ether oxygens (including phenoxy) is 3. The number of carbonyl (C=O) groups excluding carboxylic acids is 1. The minimum atomic E-state index is -0.386. The van der Waals surface area contributed by atoms with Gasteiger partial charge in [0.05, 0.1) is 7.11 Å². The van der Waals surface area contributed by atoms with Crippen molar-refractivity contribution in [2.75, 3.05) is 13.7 Å². The van der Waals surface area contributed by atoms with Crippen LogP contribution in [0.25, 0.3) is 0 Å². The predicted octanol–water partition coefficient (Wildman–Crippen LogP) is 2.19. The zero-order chi connectivity index (χ0) is 12.0. The van der Waals surface area contributed by atoms with E-state index in [1.165, 1.54) is 14.0 Å². The molecule has 1 aromatic rings. The highest BCUT2D eigenvalue weighted by atomic mass is 16.5. The maximum absolute atomic E-state index is 10.8. The van der Waals surface area contributed by atoms with Crippen LogP contribution in [0, 0.1) is 0 Å². The molecule has 0 aromatic heterocycles. The van der Waals surface area contributed by atoms with Crippen LogP contribution in [0.5, 0.6) is 17.2 Å². The van der Waals surface area contributed by atoms with Crippen molar-refractivity contribution in [3.05, 3.63) is 30.9 Å². The first-order valence-electron chi connectivity index (χ1n) is 4.77. The summed E-state index contributed by atoms with van der Waals surface area (Å²) in [5, 5.41) is 0. The van der Waals surface area contributed by atoms with Crippen molar-refractivity contribution in [1.82, 2.24) is 0 Å². The summed E-state index contributed by atoms with van der Waals surface area (Å²) >= 11 is 0. The number of carbonyl (C=O) groups is 1. The highest BCUT2D eigenvalue weighted by Crippen LogP contribution is 2.27. The first-order chi connectivity index (χ1) is 7.65. The van der Waals surface area contributed by atoms with Crippen molar-refractivity contribution in [2.24, 2.45) is 0 Å². The van der Waals surface area contributed by atoms with E-state index in [9.17, 15) is 4.79 Å². The van der Waals surface area contributed by atoms with Crippen molar-refractivity contribution < 1.29 is 19.0 Å². The molecule has 0 aliphatic heterocycles. The minimum absolute atomic E-state index is 0.382. The molecule has 0 aliphatic rings. The number of benzene rings is 1. The molecule has 0 amide bonds. The zero-order valence-electron chi connectivity index (χ0n) is 9.36. The fourth-order valence-corrected chi connectivity index (χ4v) is 1.13. The molecule has 0 radical (unpaired) electrons. The van der Waals surface area contributed by atoms with Gasteiger partial charge in [-0.2, -0.15) is 0 Å². The summed E-state index contributed by atoms with van der Waals surface area (Å²) in [6, 6.07) is 4.94. The van der Waals surface area contributed by atoms with Gasteiger partial charge in [-0.15, -0.1) is 0 Å². The van der Waals surface area contributed by atoms with Gasteiger partial charge < -0.3 is 14.2 Å². The second-order valence-corrected chi connectivity index (χ2v) is 3.04. The Morgan fingerprint density at radius 1 is 1.31 bits per heavy atom. The zero-order valence-corrected chi connectivity index (χ0v) is 9.36. The van der Waals surface area contributed by atoms with E-state index in [2.05, 4.69) is 6.58 Å². The van der Waals surface area contributed by atoms with Crippen LogP contribution in [0.4, 0.5) is 0 Å². The van der Waals surface area contributed by atoms with Crippen LogP contribution in [0.3, 0.4) is 0 Å². The normalized spacial score (nSPS) is 9.38. The molecule has 4 heteroatoms. The topological polar surface area (TPSA) is 44.8 Å². The molecule has 1 aromatic carbocycles. The quantitative estimate of drug-likeness (QED) is 0.435. The lowest BCUT2D eigenvalue weighted by Crippen LogP contribution is -2.02. The number of rotatable bonds is 5. The Hall–Kier alpha value is -1.97. The van der Waals surface area contributed by atoms with E-state index >= 15 is 0 Å². The molecule has 0 fully saturated rings. The third-order valence-corrected chi connectivity index (χ3v) is 1.72. The van der Waals surface area contributed by atoms with E-state index in [-0.39, 0.29) is 5.97 Å². The van der Waals surface area contributed by atoms with E-state index in [1.807, 2.05) is 0 Å². The third kappa shape index (κ3) is 3.65. The van der Waals surface area contributed by atoms with Crippen molar-refractivity contribution in [3.63, 3.8) is 0 Å². The van der Waals surface area contributed by atoms with Gasteiger partial charge in [0.1, 0.15) is 23.9 Å². The molecule has 0 bridgehead atoms. The fraction of sp³-hybridized carbons (Fsp3) is 0.250. The van der Waals surface area contributed by atoms with Crippen LogP contribution in [-0.4, -0.2) is 19.7 Å². The molecule has 0 saturated heterocycles. The van der Waals surface area contributed by atoms with Crippen LogP contribution in [0.15, 0.2) is 30.9 Å². The van der Waals surface area contributed by atoms with E-state index in [0.717, 1.165) is 0 Å². The first kappa shape index (κ1) is 12.1. The molecule has 0 unspecified atom stereocenters. The van der Waals surface area contributed by atoms with Gasteiger partial charge in [0, 0.05) is 25.1 Å². The molecule has 0 spiro atoms.